The second kappa shape index (κ2) is 7.27. The first kappa shape index (κ1) is 17.5. The molecule has 1 N–H and O–H groups in total. The van der Waals surface area contributed by atoms with E-state index in [2.05, 4.69) is 5.32 Å². The highest BCUT2D eigenvalue weighted by molar-refractivity contribution is 7.17. The first-order chi connectivity index (χ1) is 12.0. The number of esters is 1. The number of hydrogen-bond acceptors (Lipinski definition) is 5. The molecule has 132 valence electrons. The molecule has 0 saturated carbocycles. The molecular weight excluding hydrogens is 338 g/mol. The van der Waals surface area contributed by atoms with Gasteiger partial charge in [-0.15, -0.1) is 11.3 Å². The Balaban J connectivity index is 1.74. The molecule has 0 unspecified atom stereocenters. The summed E-state index contributed by atoms with van der Waals surface area (Å²) in [5, 5.41) is 3.40. The standard InChI is InChI=1S/C19H21NO4S/c1-11-7-9-13(10-8-11)24-12(2)17(21)20-18-16(19(22)23-3)14-5-4-6-15(14)25-18/h7-10,12H,4-6H2,1-3H3,(H,20,21)/t12-/m0/s1. The summed E-state index contributed by atoms with van der Waals surface area (Å²) in [4.78, 5) is 25.8. The topological polar surface area (TPSA) is 64.6 Å². The number of carbonyl (C=O) groups excluding carboxylic acids is 2. The zero-order valence-corrected chi connectivity index (χ0v) is 15.4. The van der Waals surface area contributed by atoms with Gasteiger partial charge in [0.05, 0.1) is 12.7 Å². The number of aryl methyl sites for hydroxylation is 2. The van der Waals surface area contributed by atoms with Crippen LogP contribution >= 0.6 is 11.3 Å². The molecule has 1 aromatic heterocycles. The van der Waals surface area contributed by atoms with Crippen molar-refractivity contribution in [1.82, 2.24) is 0 Å². The fraction of sp³-hybridized carbons (Fsp3) is 0.368. The molecule has 0 aliphatic heterocycles. The highest BCUT2D eigenvalue weighted by Gasteiger charge is 2.29. The van der Waals surface area contributed by atoms with Gasteiger partial charge in [-0.3, -0.25) is 4.79 Å². The second-order valence-electron chi connectivity index (χ2n) is 6.12. The molecule has 1 amide bonds. The number of ether oxygens (including phenoxy) is 2. The lowest BCUT2D eigenvalue weighted by atomic mass is 10.1. The molecule has 1 aliphatic carbocycles. The number of methoxy groups -OCH3 is 1. The molecule has 25 heavy (non-hydrogen) atoms. The van der Waals surface area contributed by atoms with E-state index in [0.717, 1.165) is 35.3 Å². The van der Waals surface area contributed by atoms with Crippen molar-refractivity contribution in [2.24, 2.45) is 0 Å². The van der Waals surface area contributed by atoms with Gasteiger partial charge in [0.15, 0.2) is 6.10 Å². The van der Waals surface area contributed by atoms with E-state index in [9.17, 15) is 9.59 Å². The van der Waals surface area contributed by atoms with Gasteiger partial charge in [-0.1, -0.05) is 17.7 Å². The molecule has 6 heteroatoms. The number of carbonyl (C=O) groups is 2. The van der Waals surface area contributed by atoms with Crippen LogP contribution in [-0.4, -0.2) is 25.1 Å². The smallest absolute Gasteiger partial charge is 0.341 e. The molecule has 1 atom stereocenters. The van der Waals surface area contributed by atoms with E-state index in [4.69, 9.17) is 9.47 Å². The number of amides is 1. The van der Waals surface area contributed by atoms with Gasteiger partial charge in [0.1, 0.15) is 10.8 Å². The van der Waals surface area contributed by atoms with Crippen molar-refractivity contribution in [2.75, 3.05) is 12.4 Å². The highest BCUT2D eigenvalue weighted by Crippen LogP contribution is 2.39. The lowest BCUT2D eigenvalue weighted by Gasteiger charge is -2.15. The molecule has 0 saturated heterocycles. The van der Waals surface area contributed by atoms with Gasteiger partial charge in [0.25, 0.3) is 5.91 Å². The first-order valence-electron chi connectivity index (χ1n) is 8.26. The Morgan fingerprint density at radius 2 is 1.92 bits per heavy atom. The fourth-order valence-electron chi connectivity index (χ4n) is 2.90. The maximum Gasteiger partial charge on any atom is 0.341 e. The van der Waals surface area contributed by atoms with Crippen LogP contribution in [0.5, 0.6) is 5.75 Å². The SMILES string of the molecule is COC(=O)c1c(NC(=O)[C@H](C)Oc2ccc(C)cc2)sc2c1CCC2. The van der Waals surface area contributed by atoms with Crippen molar-refractivity contribution in [2.45, 2.75) is 39.2 Å². The largest absolute Gasteiger partial charge is 0.481 e. The number of benzene rings is 1. The molecule has 2 aromatic rings. The maximum atomic E-state index is 12.5. The van der Waals surface area contributed by atoms with Crippen molar-refractivity contribution in [3.63, 3.8) is 0 Å². The highest BCUT2D eigenvalue weighted by atomic mass is 32.1. The quantitative estimate of drug-likeness (QED) is 0.826. The number of fused-ring (bicyclic) bond motifs is 1. The molecule has 1 aliphatic rings. The van der Waals surface area contributed by atoms with Crippen LogP contribution < -0.4 is 10.1 Å². The average molecular weight is 359 g/mol. The zero-order chi connectivity index (χ0) is 18.0. The lowest BCUT2D eigenvalue weighted by Crippen LogP contribution is -2.30. The van der Waals surface area contributed by atoms with Gasteiger partial charge in [0, 0.05) is 4.88 Å². The molecule has 0 bridgehead atoms. The Labute approximate surface area is 151 Å². The van der Waals surface area contributed by atoms with E-state index >= 15 is 0 Å². The molecule has 0 spiro atoms. The van der Waals surface area contributed by atoms with Crippen LogP contribution in [0.15, 0.2) is 24.3 Å². The monoisotopic (exact) mass is 359 g/mol. The Morgan fingerprint density at radius 1 is 1.20 bits per heavy atom. The van der Waals surface area contributed by atoms with Crippen molar-refractivity contribution in [1.29, 1.82) is 0 Å². The van der Waals surface area contributed by atoms with E-state index < -0.39 is 12.1 Å². The van der Waals surface area contributed by atoms with Crippen LogP contribution in [-0.2, 0) is 22.4 Å². The summed E-state index contributed by atoms with van der Waals surface area (Å²) in [6, 6.07) is 7.52. The second-order valence-corrected chi connectivity index (χ2v) is 7.22. The van der Waals surface area contributed by atoms with E-state index in [0.29, 0.717) is 16.3 Å². The predicted octanol–water partition coefficient (Wildman–Crippen LogP) is 3.74. The van der Waals surface area contributed by atoms with Crippen LogP contribution in [0, 0.1) is 6.92 Å². The van der Waals surface area contributed by atoms with Crippen molar-refractivity contribution in [3.8, 4) is 5.75 Å². The average Bonchev–Trinajstić information content (AvgIpc) is 3.16. The molecule has 1 aromatic carbocycles. The minimum absolute atomic E-state index is 0.286. The number of anilines is 1. The molecule has 5 nitrogen and oxygen atoms in total. The summed E-state index contributed by atoms with van der Waals surface area (Å²) in [6.07, 6.45) is 2.15. The molecule has 1 heterocycles. The van der Waals surface area contributed by atoms with E-state index in [1.807, 2.05) is 31.2 Å². The van der Waals surface area contributed by atoms with Crippen LogP contribution in [0.2, 0.25) is 0 Å². The molecular formula is C19H21NO4S. The summed E-state index contributed by atoms with van der Waals surface area (Å²) >= 11 is 1.46. The third kappa shape index (κ3) is 3.69. The summed E-state index contributed by atoms with van der Waals surface area (Å²) in [6.45, 7) is 3.68. The van der Waals surface area contributed by atoms with Crippen LogP contribution in [0.3, 0.4) is 0 Å². The van der Waals surface area contributed by atoms with E-state index in [1.54, 1.807) is 6.92 Å². The van der Waals surface area contributed by atoms with E-state index in [-0.39, 0.29) is 5.91 Å². The Kier molecular flexibility index (Phi) is 5.08. The minimum Gasteiger partial charge on any atom is -0.481 e. The van der Waals surface area contributed by atoms with Gasteiger partial charge in [-0.25, -0.2) is 4.79 Å². The van der Waals surface area contributed by atoms with Crippen LogP contribution in [0.4, 0.5) is 5.00 Å². The minimum atomic E-state index is -0.676. The van der Waals surface area contributed by atoms with Crippen molar-refractivity contribution >= 4 is 28.2 Å². The van der Waals surface area contributed by atoms with Crippen molar-refractivity contribution in [3.05, 3.63) is 45.8 Å². The number of thiophene rings is 1. The first-order valence-corrected chi connectivity index (χ1v) is 9.08. The van der Waals surface area contributed by atoms with Crippen LogP contribution in [0.1, 0.15) is 39.7 Å². The summed E-state index contributed by atoms with van der Waals surface area (Å²) in [5.41, 5.74) is 2.63. The normalized spacial score (nSPS) is 13.9. The van der Waals surface area contributed by atoms with Gasteiger partial charge in [0.2, 0.25) is 0 Å². The summed E-state index contributed by atoms with van der Waals surface area (Å²) in [7, 11) is 1.36. The third-order valence-electron chi connectivity index (χ3n) is 4.25. The Hall–Kier alpha value is -2.34. The van der Waals surface area contributed by atoms with Gasteiger partial charge >= 0.3 is 5.97 Å². The summed E-state index contributed by atoms with van der Waals surface area (Å²) in [5.74, 6) is -0.0532. The third-order valence-corrected chi connectivity index (χ3v) is 5.46. The summed E-state index contributed by atoms with van der Waals surface area (Å²) < 4.78 is 10.6. The Bertz CT molecular complexity index is 795. The number of hydrogen-bond donors (Lipinski definition) is 1. The maximum absolute atomic E-state index is 12.5. The number of nitrogens with one attached hydrogen (secondary N) is 1. The molecule has 0 radical (unpaired) electrons. The molecule has 3 rings (SSSR count). The predicted molar refractivity (Wildman–Crippen MR) is 97.6 cm³/mol. The zero-order valence-electron chi connectivity index (χ0n) is 14.5. The van der Waals surface area contributed by atoms with E-state index in [1.165, 1.54) is 18.4 Å². The van der Waals surface area contributed by atoms with Crippen LogP contribution in [0.25, 0.3) is 0 Å². The molecule has 0 fully saturated rings. The Morgan fingerprint density at radius 3 is 2.60 bits per heavy atom. The van der Waals surface area contributed by atoms with Gasteiger partial charge < -0.3 is 14.8 Å². The van der Waals surface area contributed by atoms with Gasteiger partial charge in [-0.2, -0.15) is 0 Å². The van der Waals surface area contributed by atoms with Crippen molar-refractivity contribution < 1.29 is 19.1 Å². The van der Waals surface area contributed by atoms with Gasteiger partial charge in [-0.05, 0) is 50.8 Å². The number of rotatable bonds is 5. The lowest BCUT2D eigenvalue weighted by molar-refractivity contribution is -0.122. The fourth-order valence-corrected chi connectivity index (χ4v) is 4.18.